The summed E-state index contributed by atoms with van der Waals surface area (Å²) in [5, 5.41) is 10.8. The number of hydrogen-bond acceptors (Lipinski definition) is 3. The van der Waals surface area contributed by atoms with Gasteiger partial charge in [0.1, 0.15) is 5.54 Å². The number of carbonyl (C=O) groups excluding carboxylic acids is 2. The number of carbonyl (C=O) groups is 2. The predicted molar refractivity (Wildman–Crippen MR) is 54.1 cm³/mol. The molecule has 8 heteroatoms. The van der Waals surface area contributed by atoms with Crippen molar-refractivity contribution in [2.45, 2.75) is 32.0 Å². The summed E-state index contributed by atoms with van der Waals surface area (Å²) in [5.41, 5.74) is -1.19. The van der Waals surface area contributed by atoms with E-state index in [1.54, 1.807) is 6.92 Å². The van der Waals surface area contributed by atoms with Gasteiger partial charge in [-0.2, -0.15) is 18.4 Å². The zero-order chi connectivity index (χ0) is 14.1. The minimum absolute atomic E-state index is 0.261. The van der Waals surface area contributed by atoms with Crippen LogP contribution in [0.2, 0.25) is 0 Å². The Morgan fingerprint density at radius 1 is 1.50 bits per heavy atom. The number of hydrogen-bond donors (Lipinski definition) is 1. The van der Waals surface area contributed by atoms with Gasteiger partial charge in [-0.15, -0.1) is 0 Å². The largest absolute Gasteiger partial charge is 0.406 e. The van der Waals surface area contributed by atoms with Crippen molar-refractivity contribution in [1.29, 1.82) is 5.26 Å². The van der Waals surface area contributed by atoms with Crippen molar-refractivity contribution < 1.29 is 22.8 Å². The number of nitriles is 1. The third kappa shape index (κ3) is 2.39. The van der Waals surface area contributed by atoms with E-state index in [9.17, 15) is 22.8 Å². The lowest BCUT2D eigenvalue weighted by molar-refractivity contribution is -0.163. The van der Waals surface area contributed by atoms with E-state index >= 15 is 0 Å². The second kappa shape index (κ2) is 4.48. The molecule has 1 N–H and O–H groups in total. The molecule has 0 saturated carbocycles. The van der Waals surface area contributed by atoms with E-state index in [1.807, 2.05) is 0 Å². The summed E-state index contributed by atoms with van der Waals surface area (Å²) in [4.78, 5) is 23.7. The molecule has 2 unspecified atom stereocenters. The molecule has 100 valence electrons. The van der Waals surface area contributed by atoms with Gasteiger partial charge in [-0.25, -0.2) is 4.79 Å². The SMILES string of the molecule is CCC1(C)NC(=O)N(CC(C#N)C(F)(F)F)C1=O. The van der Waals surface area contributed by atoms with E-state index in [-0.39, 0.29) is 6.42 Å². The Morgan fingerprint density at radius 3 is 2.39 bits per heavy atom. The van der Waals surface area contributed by atoms with Crippen LogP contribution in [0.15, 0.2) is 0 Å². The minimum Gasteiger partial charge on any atom is -0.323 e. The minimum atomic E-state index is -4.76. The number of alkyl halides is 3. The van der Waals surface area contributed by atoms with Crippen molar-refractivity contribution in [3.63, 3.8) is 0 Å². The monoisotopic (exact) mass is 263 g/mol. The van der Waals surface area contributed by atoms with E-state index in [1.165, 1.54) is 6.92 Å². The topological polar surface area (TPSA) is 73.2 Å². The number of imide groups is 1. The van der Waals surface area contributed by atoms with Crippen LogP contribution in [0, 0.1) is 17.2 Å². The van der Waals surface area contributed by atoms with Gasteiger partial charge in [0.15, 0.2) is 5.92 Å². The smallest absolute Gasteiger partial charge is 0.323 e. The molecular formula is C10H12F3N3O2. The molecule has 0 aromatic carbocycles. The fourth-order valence-electron chi connectivity index (χ4n) is 1.55. The number of nitrogens with one attached hydrogen (secondary N) is 1. The predicted octanol–water partition coefficient (Wildman–Crippen LogP) is 1.41. The molecule has 0 aliphatic carbocycles. The number of amides is 3. The molecule has 0 aromatic rings. The van der Waals surface area contributed by atoms with Gasteiger partial charge >= 0.3 is 12.2 Å². The molecule has 1 aliphatic heterocycles. The van der Waals surface area contributed by atoms with Crippen molar-refractivity contribution in [2.75, 3.05) is 6.54 Å². The molecule has 0 spiro atoms. The first-order valence-corrected chi connectivity index (χ1v) is 5.26. The van der Waals surface area contributed by atoms with Gasteiger partial charge in [0, 0.05) is 0 Å². The van der Waals surface area contributed by atoms with Crippen molar-refractivity contribution in [2.24, 2.45) is 5.92 Å². The summed E-state index contributed by atoms with van der Waals surface area (Å²) >= 11 is 0. The summed E-state index contributed by atoms with van der Waals surface area (Å²) in [6, 6.07) is 0.162. The van der Waals surface area contributed by atoms with Crippen LogP contribution in [-0.2, 0) is 4.79 Å². The Bertz CT molecular complexity index is 416. The summed E-state index contributed by atoms with van der Waals surface area (Å²) in [6.45, 7) is 2.09. The van der Waals surface area contributed by atoms with Crippen molar-refractivity contribution in [1.82, 2.24) is 10.2 Å². The summed E-state index contributed by atoms with van der Waals surface area (Å²) in [5.74, 6) is -3.11. The Morgan fingerprint density at radius 2 is 2.06 bits per heavy atom. The summed E-state index contributed by atoms with van der Waals surface area (Å²) < 4.78 is 37.2. The van der Waals surface area contributed by atoms with Crippen LogP contribution in [0.5, 0.6) is 0 Å². The van der Waals surface area contributed by atoms with Crippen molar-refractivity contribution in [3.05, 3.63) is 0 Å². The quantitative estimate of drug-likeness (QED) is 0.782. The lowest BCUT2D eigenvalue weighted by Crippen LogP contribution is -2.44. The van der Waals surface area contributed by atoms with Crippen LogP contribution in [0.3, 0.4) is 0 Å². The average molecular weight is 263 g/mol. The maximum absolute atomic E-state index is 12.4. The van der Waals surface area contributed by atoms with Crippen molar-refractivity contribution in [3.8, 4) is 6.07 Å². The van der Waals surface area contributed by atoms with Gasteiger partial charge in [0.2, 0.25) is 0 Å². The third-order valence-electron chi connectivity index (χ3n) is 2.97. The lowest BCUT2D eigenvalue weighted by Gasteiger charge is -2.21. The highest BCUT2D eigenvalue weighted by Crippen LogP contribution is 2.29. The molecule has 1 fully saturated rings. The first kappa shape index (κ1) is 14.3. The van der Waals surface area contributed by atoms with Gasteiger partial charge in [-0.05, 0) is 13.3 Å². The van der Waals surface area contributed by atoms with Crippen molar-refractivity contribution >= 4 is 11.9 Å². The molecule has 1 heterocycles. The number of urea groups is 1. The zero-order valence-electron chi connectivity index (χ0n) is 9.84. The van der Waals surface area contributed by atoms with Crippen LogP contribution < -0.4 is 5.32 Å². The zero-order valence-corrected chi connectivity index (χ0v) is 9.84. The fraction of sp³-hybridized carbons (Fsp3) is 0.700. The maximum Gasteiger partial charge on any atom is 0.406 e. The molecule has 0 bridgehead atoms. The van der Waals surface area contributed by atoms with Crippen LogP contribution >= 0.6 is 0 Å². The number of nitrogens with zero attached hydrogens (tertiary/aromatic N) is 2. The lowest BCUT2D eigenvalue weighted by atomic mass is 9.99. The van der Waals surface area contributed by atoms with E-state index in [0.29, 0.717) is 4.90 Å². The Balaban J connectivity index is 2.90. The molecule has 1 saturated heterocycles. The van der Waals surface area contributed by atoms with Gasteiger partial charge in [0.05, 0.1) is 12.6 Å². The second-order valence-corrected chi connectivity index (χ2v) is 4.25. The Kier molecular flexibility index (Phi) is 3.55. The van der Waals surface area contributed by atoms with Crippen LogP contribution in [0.1, 0.15) is 20.3 Å². The van der Waals surface area contributed by atoms with E-state index in [0.717, 1.165) is 6.07 Å². The van der Waals surface area contributed by atoms with E-state index in [2.05, 4.69) is 5.32 Å². The molecule has 3 amide bonds. The highest BCUT2D eigenvalue weighted by molar-refractivity contribution is 6.06. The summed E-state index contributed by atoms with van der Waals surface area (Å²) in [6.07, 6.45) is -4.50. The Hall–Kier alpha value is -1.78. The highest BCUT2D eigenvalue weighted by atomic mass is 19.4. The number of rotatable bonds is 3. The second-order valence-electron chi connectivity index (χ2n) is 4.25. The molecule has 1 rings (SSSR count). The summed E-state index contributed by atoms with van der Waals surface area (Å²) in [7, 11) is 0. The van der Waals surface area contributed by atoms with Crippen LogP contribution in [0.4, 0.5) is 18.0 Å². The molecule has 2 atom stereocenters. The average Bonchev–Trinajstić information content (AvgIpc) is 2.47. The molecular weight excluding hydrogens is 251 g/mol. The Labute approximate surface area is 102 Å². The molecule has 18 heavy (non-hydrogen) atoms. The van der Waals surface area contributed by atoms with E-state index < -0.39 is 36.1 Å². The molecule has 0 radical (unpaired) electrons. The normalized spacial score (nSPS) is 25.9. The molecule has 1 aliphatic rings. The highest BCUT2D eigenvalue weighted by Gasteiger charge is 2.50. The third-order valence-corrected chi connectivity index (χ3v) is 2.97. The number of halogens is 3. The molecule has 5 nitrogen and oxygen atoms in total. The van der Waals surface area contributed by atoms with Crippen LogP contribution in [0.25, 0.3) is 0 Å². The van der Waals surface area contributed by atoms with Gasteiger partial charge in [-0.1, -0.05) is 6.92 Å². The van der Waals surface area contributed by atoms with E-state index in [4.69, 9.17) is 5.26 Å². The van der Waals surface area contributed by atoms with Crippen LogP contribution in [-0.4, -0.2) is 35.1 Å². The first-order valence-electron chi connectivity index (χ1n) is 5.26. The maximum atomic E-state index is 12.4. The van der Waals surface area contributed by atoms with Gasteiger partial charge in [0.25, 0.3) is 5.91 Å². The van der Waals surface area contributed by atoms with Gasteiger partial charge in [-0.3, -0.25) is 9.69 Å². The standard InChI is InChI=1S/C10H12F3N3O2/c1-3-9(2)7(17)16(8(18)15-9)5-6(4-14)10(11,12)13/h6H,3,5H2,1-2H3,(H,15,18). The van der Waals surface area contributed by atoms with Gasteiger partial charge < -0.3 is 5.32 Å². The first-order chi connectivity index (χ1) is 8.15. The fourth-order valence-corrected chi connectivity index (χ4v) is 1.55. The molecule has 0 aromatic heterocycles.